The second-order valence-corrected chi connectivity index (χ2v) is 7.75. The van der Waals surface area contributed by atoms with Crippen LogP contribution in [0.15, 0.2) is 24.1 Å². The summed E-state index contributed by atoms with van der Waals surface area (Å²) in [4.78, 5) is 8.94. The van der Waals surface area contributed by atoms with E-state index >= 15 is 0 Å². The summed E-state index contributed by atoms with van der Waals surface area (Å²) in [6, 6.07) is 1.06. The molecule has 0 radical (unpaired) electrons. The number of imidazole rings is 1. The molecule has 2 aromatic heterocycles. The predicted molar refractivity (Wildman–Crippen MR) is 86.6 cm³/mol. The molecule has 1 saturated carbocycles. The average Bonchev–Trinajstić information content (AvgIpc) is 3.16. The van der Waals surface area contributed by atoms with Gasteiger partial charge in [0.2, 0.25) is 0 Å². The number of thiazole rings is 1. The van der Waals surface area contributed by atoms with E-state index in [1.54, 1.807) is 11.3 Å². The standard InChI is InChI=1S/C16H24N4S/c1-16(2,3)15-19-12(10-21-15)9-18-13-5-4-6-14(13)20-8-7-17-11-20/h7-8,10-11,13-14,18H,4-6,9H2,1-3H3. The SMILES string of the molecule is CC(C)(C)c1nc(CNC2CCCC2n2ccnc2)cs1. The predicted octanol–water partition coefficient (Wildman–Crippen LogP) is 3.52. The maximum atomic E-state index is 4.77. The van der Waals surface area contributed by atoms with E-state index in [2.05, 4.69) is 47.2 Å². The second-order valence-electron chi connectivity index (χ2n) is 6.89. The van der Waals surface area contributed by atoms with Crippen molar-refractivity contribution < 1.29 is 0 Å². The molecular weight excluding hydrogens is 280 g/mol. The number of nitrogens with zero attached hydrogens (tertiary/aromatic N) is 3. The normalized spacial score (nSPS) is 22.8. The molecule has 114 valence electrons. The lowest BCUT2D eigenvalue weighted by Crippen LogP contribution is -2.33. The van der Waals surface area contributed by atoms with Crippen LogP contribution >= 0.6 is 11.3 Å². The topological polar surface area (TPSA) is 42.7 Å². The van der Waals surface area contributed by atoms with Gasteiger partial charge in [0.25, 0.3) is 0 Å². The van der Waals surface area contributed by atoms with Gasteiger partial charge < -0.3 is 9.88 Å². The summed E-state index contributed by atoms with van der Waals surface area (Å²) in [7, 11) is 0. The molecule has 1 fully saturated rings. The first-order chi connectivity index (χ1) is 10.0. The third kappa shape index (κ3) is 3.35. The largest absolute Gasteiger partial charge is 0.333 e. The fourth-order valence-electron chi connectivity index (χ4n) is 2.97. The van der Waals surface area contributed by atoms with Crippen LogP contribution in [0.5, 0.6) is 0 Å². The quantitative estimate of drug-likeness (QED) is 0.940. The lowest BCUT2D eigenvalue weighted by Gasteiger charge is -2.21. The van der Waals surface area contributed by atoms with Crippen molar-refractivity contribution in [3.05, 3.63) is 34.8 Å². The van der Waals surface area contributed by atoms with E-state index in [0.717, 1.165) is 6.54 Å². The van der Waals surface area contributed by atoms with Gasteiger partial charge in [-0.05, 0) is 19.3 Å². The summed E-state index contributed by atoms with van der Waals surface area (Å²) in [6.45, 7) is 7.52. The lowest BCUT2D eigenvalue weighted by molar-refractivity contribution is 0.389. The van der Waals surface area contributed by atoms with Crippen LogP contribution in [0.2, 0.25) is 0 Å². The molecule has 0 aromatic carbocycles. The number of aromatic nitrogens is 3. The van der Waals surface area contributed by atoms with E-state index < -0.39 is 0 Å². The Morgan fingerprint density at radius 3 is 2.90 bits per heavy atom. The Bertz CT molecular complexity index is 567. The molecule has 21 heavy (non-hydrogen) atoms. The summed E-state index contributed by atoms with van der Waals surface area (Å²) >= 11 is 1.77. The minimum atomic E-state index is 0.148. The molecular formula is C16H24N4S. The Balaban J connectivity index is 1.61. The Kier molecular flexibility index (Phi) is 4.13. The van der Waals surface area contributed by atoms with Crippen LogP contribution in [0.4, 0.5) is 0 Å². The van der Waals surface area contributed by atoms with Gasteiger partial charge in [0.1, 0.15) is 0 Å². The zero-order valence-corrected chi connectivity index (χ0v) is 13.9. The summed E-state index contributed by atoms with van der Waals surface area (Å²) in [5, 5.41) is 7.11. The number of rotatable bonds is 4. The maximum absolute atomic E-state index is 4.77. The van der Waals surface area contributed by atoms with E-state index in [1.807, 2.05) is 12.5 Å². The molecule has 2 aromatic rings. The van der Waals surface area contributed by atoms with Gasteiger partial charge in [-0.15, -0.1) is 11.3 Å². The summed E-state index contributed by atoms with van der Waals surface area (Å²) in [6.07, 6.45) is 9.63. The molecule has 1 aliphatic carbocycles. The number of nitrogens with one attached hydrogen (secondary N) is 1. The van der Waals surface area contributed by atoms with Crippen molar-refractivity contribution >= 4 is 11.3 Å². The van der Waals surface area contributed by atoms with Gasteiger partial charge in [0.15, 0.2) is 0 Å². The van der Waals surface area contributed by atoms with Crippen LogP contribution < -0.4 is 5.32 Å². The smallest absolute Gasteiger partial charge is 0.0982 e. The first-order valence-electron chi connectivity index (χ1n) is 7.70. The molecule has 0 aliphatic heterocycles. The van der Waals surface area contributed by atoms with Crippen molar-refractivity contribution in [3.63, 3.8) is 0 Å². The molecule has 2 heterocycles. The van der Waals surface area contributed by atoms with Gasteiger partial charge in [0.05, 0.1) is 17.0 Å². The minimum absolute atomic E-state index is 0.148. The van der Waals surface area contributed by atoms with Crippen molar-refractivity contribution in [2.75, 3.05) is 0 Å². The highest BCUT2D eigenvalue weighted by atomic mass is 32.1. The first-order valence-corrected chi connectivity index (χ1v) is 8.58. The Labute approximate surface area is 130 Å². The zero-order chi connectivity index (χ0) is 14.9. The molecule has 5 heteroatoms. The molecule has 0 bridgehead atoms. The van der Waals surface area contributed by atoms with Crippen LogP contribution in [0.3, 0.4) is 0 Å². The van der Waals surface area contributed by atoms with Gasteiger partial charge in [-0.25, -0.2) is 9.97 Å². The highest BCUT2D eigenvalue weighted by Gasteiger charge is 2.28. The van der Waals surface area contributed by atoms with Gasteiger partial charge in [0, 0.05) is 41.8 Å². The lowest BCUT2D eigenvalue weighted by atomic mass is 9.98. The van der Waals surface area contributed by atoms with Gasteiger partial charge >= 0.3 is 0 Å². The maximum Gasteiger partial charge on any atom is 0.0982 e. The molecule has 0 saturated heterocycles. The van der Waals surface area contributed by atoms with E-state index in [0.29, 0.717) is 12.1 Å². The van der Waals surface area contributed by atoms with E-state index in [-0.39, 0.29) is 5.41 Å². The van der Waals surface area contributed by atoms with E-state index in [1.165, 1.54) is 30.0 Å². The molecule has 3 rings (SSSR count). The van der Waals surface area contributed by atoms with Gasteiger partial charge in [-0.2, -0.15) is 0 Å². The number of hydrogen-bond acceptors (Lipinski definition) is 4. The highest BCUT2D eigenvalue weighted by Crippen LogP contribution is 2.30. The van der Waals surface area contributed by atoms with Crippen molar-refractivity contribution in [3.8, 4) is 0 Å². The molecule has 1 aliphatic rings. The Hall–Kier alpha value is -1.20. The first kappa shape index (κ1) is 14.7. The fraction of sp³-hybridized carbons (Fsp3) is 0.625. The summed E-state index contributed by atoms with van der Waals surface area (Å²) in [5.74, 6) is 0. The third-order valence-electron chi connectivity index (χ3n) is 4.13. The van der Waals surface area contributed by atoms with Crippen LogP contribution in [0.25, 0.3) is 0 Å². The molecule has 4 nitrogen and oxygen atoms in total. The number of hydrogen-bond donors (Lipinski definition) is 1. The van der Waals surface area contributed by atoms with Crippen molar-refractivity contribution in [1.29, 1.82) is 0 Å². The van der Waals surface area contributed by atoms with Crippen LogP contribution in [0.1, 0.15) is 56.8 Å². The van der Waals surface area contributed by atoms with Crippen LogP contribution in [0, 0.1) is 0 Å². The fourth-order valence-corrected chi connectivity index (χ4v) is 3.88. The van der Waals surface area contributed by atoms with E-state index in [4.69, 9.17) is 4.98 Å². The summed E-state index contributed by atoms with van der Waals surface area (Å²) < 4.78 is 2.24. The average molecular weight is 304 g/mol. The molecule has 0 spiro atoms. The Morgan fingerprint density at radius 1 is 1.38 bits per heavy atom. The molecule has 2 unspecified atom stereocenters. The third-order valence-corrected chi connectivity index (χ3v) is 5.44. The molecule has 1 N–H and O–H groups in total. The monoisotopic (exact) mass is 304 g/mol. The Morgan fingerprint density at radius 2 is 2.24 bits per heavy atom. The van der Waals surface area contributed by atoms with Gasteiger partial charge in [-0.1, -0.05) is 20.8 Å². The highest BCUT2D eigenvalue weighted by molar-refractivity contribution is 7.09. The minimum Gasteiger partial charge on any atom is -0.333 e. The zero-order valence-electron chi connectivity index (χ0n) is 13.0. The second kappa shape index (κ2) is 5.89. The van der Waals surface area contributed by atoms with Crippen molar-refractivity contribution in [2.45, 2.75) is 64.1 Å². The van der Waals surface area contributed by atoms with Crippen LogP contribution in [-0.4, -0.2) is 20.6 Å². The molecule has 0 amide bonds. The molecule has 2 atom stereocenters. The van der Waals surface area contributed by atoms with E-state index in [9.17, 15) is 0 Å². The van der Waals surface area contributed by atoms with Crippen molar-refractivity contribution in [2.24, 2.45) is 0 Å². The van der Waals surface area contributed by atoms with Crippen molar-refractivity contribution in [1.82, 2.24) is 19.9 Å². The van der Waals surface area contributed by atoms with Gasteiger partial charge in [-0.3, -0.25) is 0 Å². The van der Waals surface area contributed by atoms with Crippen LogP contribution in [-0.2, 0) is 12.0 Å². The summed E-state index contributed by atoms with van der Waals surface area (Å²) in [5.41, 5.74) is 1.32.